The van der Waals surface area contributed by atoms with Crippen LogP contribution in [0, 0.1) is 12.8 Å². The second-order valence-corrected chi connectivity index (χ2v) is 5.46. The largest absolute Gasteiger partial charge is 0.489 e. The first-order valence-electron chi connectivity index (χ1n) is 6.89. The Morgan fingerprint density at radius 2 is 1.75 bits per heavy atom. The Labute approximate surface area is 119 Å². The average Bonchev–Trinajstić information content (AvgIpc) is 2.61. The molecule has 0 aliphatic carbocycles. The zero-order chi connectivity index (χ0) is 14.1. The van der Waals surface area contributed by atoms with Gasteiger partial charge in [0.2, 0.25) is 0 Å². The molecule has 0 saturated carbocycles. The molecule has 2 N–H and O–H groups in total. The molecule has 3 nitrogen and oxygen atoms in total. The number of rotatable bonds is 1. The molecule has 0 aromatic heterocycles. The number of ether oxygens (including phenoxy) is 2. The third-order valence-corrected chi connectivity index (χ3v) is 3.55. The van der Waals surface area contributed by atoms with E-state index in [0.29, 0.717) is 19.1 Å². The van der Waals surface area contributed by atoms with Gasteiger partial charge in [-0.15, -0.1) is 0 Å². The molecular weight excluding hydrogens is 250 g/mol. The fraction of sp³-hybridized carbons (Fsp3) is 0.294. The third-order valence-electron chi connectivity index (χ3n) is 3.55. The van der Waals surface area contributed by atoms with E-state index in [0.717, 1.165) is 28.3 Å². The minimum Gasteiger partial charge on any atom is -0.489 e. The highest BCUT2D eigenvalue weighted by Gasteiger charge is 2.16. The summed E-state index contributed by atoms with van der Waals surface area (Å²) in [7, 11) is 0. The zero-order valence-electron chi connectivity index (χ0n) is 11.8. The van der Waals surface area contributed by atoms with Gasteiger partial charge in [0, 0.05) is 11.6 Å². The SMILES string of the molecule is Cc1cc(N)ccc1-c1ccc2c(c1)OCC(C)CO2. The van der Waals surface area contributed by atoms with Gasteiger partial charge in [-0.05, 0) is 47.9 Å². The highest BCUT2D eigenvalue weighted by Crippen LogP contribution is 2.36. The Bertz CT molecular complexity index is 637. The summed E-state index contributed by atoms with van der Waals surface area (Å²) in [6.45, 7) is 5.58. The van der Waals surface area contributed by atoms with E-state index in [1.807, 2.05) is 30.3 Å². The van der Waals surface area contributed by atoms with Crippen LogP contribution >= 0.6 is 0 Å². The molecule has 3 heteroatoms. The van der Waals surface area contributed by atoms with Crippen LogP contribution < -0.4 is 15.2 Å². The van der Waals surface area contributed by atoms with Gasteiger partial charge in [-0.2, -0.15) is 0 Å². The van der Waals surface area contributed by atoms with E-state index in [1.54, 1.807) is 0 Å². The van der Waals surface area contributed by atoms with Gasteiger partial charge in [-0.25, -0.2) is 0 Å². The minimum atomic E-state index is 0.407. The van der Waals surface area contributed by atoms with E-state index in [1.165, 1.54) is 5.56 Å². The maximum absolute atomic E-state index is 5.84. The van der Waals surface area contributed by atoms with Crippen molar-refractivity contribution in [2.45, 2.75) is 13.8 Å². The van der Waals surface area contributed by atoms with E-state index >= 15 is 0 Å². The van der Waals surface area contributed by atoms with Crippen LogP contribution in [0.4, 0.5) is 5.69 Å². The van der Waals surface area contributed by atoms with Gasteiger partial charge >= 0.3 is 0 Å². The molecule has 20 heavy (non-hydrogen) atoms. The summed E-state index contributed by atoms with van der Waals surface area (Å²) in [5, 5.41) is 0. The monoisotopic (exact) mass is 269 g/mol. The van der Waals surface area contributed by atoms with Crippen LogP contribution in [0.3, 0.4) is 0 Å². The van der Waals surface area contributed by atoms with Gasteiger partial charge in [0.25, 0.3) is 0 Å². The number of nitrogen functional groups attached to an aromatic ring is 1. The predicted octanol–water partition coefficient (Wildman–Crippen LogP) is 3.65. The summed E-state index contributed by atoms with van der Waals surface area (Å²) in [4.78, 5) is 0. The standard InChI is InChI=1S/C17H19NO2/c1-11-9-19-16-6-3-13(8-17(16)20-10-11)15-5-4-14(18)7-12(15)2/h3-8,11H,9-10,18H2,1-2H3. The molecule has 0 saturated heterocycles. The Morgan fingerprint density at radius 1 is 1.00 bits per heavy atom. The molecule has 0 spiro atoms. The number of benzene rings is 2. The van der Waals surface area contributed by atoms with Crippen LogP contribution in [0.2, 0.25) is 0 Å². The number of anilines is 1. The normalized spacial score (nSPS) is 17.6. The van der Waals surface area contributed by atoms with Crippen molar-refractivity contribution in [1.82, 2.24) is 0 Å². The van der Waals surface area contributed by atoms with Gasteiger partial charge in [0.05, 0.1) is 13.2 Å². The molecule has 0 radical (unpaired) electrons. The predicted molar refractivity (Wildman–Crippen MR) is 81.2 cm³/mol. The quantitative estimate of drug-likeness (QED) is 0.804. The summed E-state index contributed by atoms with van der Waals surface area (Å²) in [6.07, 6.45) is 0. The molecule has 1 aliphatic heterocycles. The van der Waals surface area contributed by atoms with Crippen LogP contribution in [-0.4, -0.2) is 13.2 Å². The van der Waals surface area contributed by atoms with Crippen molar-refractivity contribution in [1.29, 1.82) is 0 Å². The van der Waals surface area contributed by atoms with E-state index < -0.39 is 0 Å². The van der Waals surface area contributed by atoms with Gasteiger partial charge in [0.1, 0.15) is 0 Å². The van der Waals surface area contributed by atoms with Gasteiger partial charge in [-0.1, -0.05) is 19.1 Å². The maximum atomic E-state index is 5.84. The lowest BCUT2D eigenvalue weighted by Crippen LogP contribution is -2.12. The topological polar surface area (TPSA) is 44.5 Å². The van der Waals surface area contributed by atoms with Crippen molar-refractivity contribution in [2.75, 3.05) is 18.9 Å². The smallest absolute Gasteiger partial charge is 0.161 e. The molecule has 1 heterocycles. The van der Waals surface area contributed by atoms with E-state index in [-0.39, 0.29) is 0 Å². The van der Waals surface area contributed by atoms with E-state index in [2.05, 4.69) is 19.9 Å². The number of nitrogens with two attached hydrogens (primary N) is 1. The molecule has 0 bridgehead atoms. The van der Waals surface area contributed by atoms with Gasteiger partial charge in [-0.3, -0.25) is 0 Å². The minimum absolute atomic E-state index is 0.407. The first-order valence-corrected chi connectivity index (χ1v) is 6.89. The fourth-order valence-electron chi connectivity index (χ4n) is 2.43. The van der Waals surface area contributed by atoms with Gasteiger partial charge < -0.3 is 15.2 Å². The van der Waals surface area contributed by atoms with Crippen LogP contribution in [0.15, 0.2) is 36.4 Å². The summed E-state index contributed by atoms with van der Waals surface area (Å²) in [5.74, 6) is 2.05. The molecule has 1 aliphatic rings. The van der Waals surface area contributed by atoms with Crippen LogP contribution in [-0.2, 0) is 0 Å². The summed E-state index contributed by atoms with van der Waals surface area (Å²) in [6, 6.07) is 12.1. The molecule has 1 atom stereocenters. The molecule has 104 valence electrons. The van der Waals surface area contributed by atoms with Crippen molar-refractivity contribution >= 4 is 5.69 Å². The third kappa shape index (κ3) is 2.44. The highest BCUT2D eigenvalue weighted by atomic mass is 16.5. The van der Waals surface area contributed by atoms with Crippen molar-refractivity contribution in [3.8, 4) is 22.6 Å². The maximum Gasteiger partial charge on any atom is 0.161 e. The first-order chi connectivity index (χ1) is 9.63. The zero-order valence-corrected chi connectivity index (χ0v) is 11.8. The summed E-state index contributed by atoms with van der Waals surface area (Å²) in [5.41, 5.74) is 10.0. The Morgan fingerprint density at radius 3 is 2.50 bits per heavy atom. The second-order valence-electron chi connectivity index (χ2n) is 5.46. The highest BCUT2D eigenvalue weighted by molar-refractivity contribution is 5.72. The summed E-state index contributed by atoms with van der Waals surface area (Å²) < 4.78 is 11.6. The number of aryl methyl sites for hydroxylation is 1. The lowest BCUT2D eigenvalue weighted by Gasteiger charge is -2.11. The Hall–Kier alpha value is -2.16. The Kier molecular flexibility index (Phi) is 3.26. The second kappa shape index (κ2) is 5.08. The average molecular weight is 269 g/mol. The van der Waals surface area contributed by atoms with E-state index in [4.69, 9.17) is 15.2 Å². The first kappa shape index (κ1) is 12.9. The van der Waals surface area contributed by atoms with Crippen LogP contribution in [0.1, 0.15) is 12.5 Å². The Balaban J connectivity index is 2.00. The molecule has 2 aromatic rings. The van der Waals surface area contributed by atoms with Crippen molar-refractivity contribution < 1.29 is 9.47 Å². The lowest BCUT2D eigenvalue weighted by molar-refractivity contribution is 0.228. The van der Waals surface area contributed by atoms with E-state index in [9.17, 15) is 0 Å². The van der Waals surface area contributed by atoms with Crippen molar-refractivity contribution in [3.05, 3.63) is 42.0 Å². The molecule has 0 fully saturated rings. The van der Waals surface area contributed by atoms with Gasteiger partial charge in [0.15, 0.2) is 11.5 Å². The number of hydrogen-bond donors (Lipinski definition) is 1. The fourth-order valence-corrected chi connectivity index (χ4v) is 2.43. The molecule has 3 rings (SSSR count). The van der Waals surface area contributed by atoms with Crippen molar-refractivity contribution in [3.63, 3.8) is 0 Å². The molecular formula is C17H19NO2. The summed E-state index contributed by atoms with van der Waals surface area (Å²) >= 11 is 0. The van der Waals surface area contributed by atoms with Crippen LogP contribution in [0.5, 0.6) is 11.5 Å². The number of fused-ring (bicyclic) bond motifs is 1. The van der Waals surface area contributed by atoms with Crippen molar-refractivity contribution in [2.24, 2.45) is 5.92 Å². The molecule has 2 aromatic carbocycles. The molecule has 1 unspecified atom stereocenters. The number of hydrogen-bond acceptors (Lipinski definition) is 3. The van der Waals surface area contributed by atoms with Crippen LogP contribution in [0.25, 0.3) is 11.1 Å². The molecule has 0 amide bonds. The lowest BCUT2D eigenvalue weighted by atomic mass is 9.99.